The van der Waals surface area contributed by atoms with E-state index in [9.17, 15) is 9.59 Å². The predicted molar refractivity (Wildman–Crippen MR) is 57.4 cm³/mol. The number of nitrogens with two attached hydrogens (primary N) is 1. The highest BCUT2D eigenvalue weighted by atomic mass is 16.4. The molecule has 0 heterocycles. The van der Waals surface area contributed by atoms with E-state index in [2.05, 4.69) is 5.32 Å². The van der Waals surface area contributed by atoms with Crippen molar-refractivity contribution in [1.29, 1.82) is 0 Å². The molecule has 1 amide bonds. The molecule has 0 aromatic carbocycles. The lowest BCUT2D eigenvalue weighted by Crippen LogP contribution is -2.37. The van der Waals surface area contributed by atoms with Crippen LogP contribution in [-0.2, 0) is 9.59 Å². The fourth-order valence-corrected chi connectivity index (χ4v) is 1.36. The van der Waals surface area contributed by atoms with Gasteiger partial charge in [0.25, 0.3) is 0 Å². The Labute approximate surface area is 90.0 Å². The van der Waals surface area contributed by atoms with Gasteiger partial charge in [0.2, 0.25) is 5.91 Å². The lowest BCUT2D eigenvalue weighted by Gasteiger charge is -2.14. The zero-order valence-electron chi connectivity index (χ0n) is 9.32. The van der Waals surface area contributed by atoms with Crippen LogP contribution in [0.15, 0.2) is 0 Å². The van der Waals surface area contributed by atoms with E-state index in [-0.39, 0.29) is 30.8 Å². The van der Waals surface area contributed by atoms with Crippen LogP contribution in [0.1, 0.15) is 39.5 Å². The molecule has 4 N–H and O–H groups in total. The van der Waals surface area contributed by atoms with Crippen molar-refractivity contribution in [2.75, 3.05) is 0 Å². The fraction of sp³-hybridized carbons (Fsp3) is 0.800. The summed E-state index contributed by atoms with van der Waals surface area (Å²) in [5, 5.41) is 11.1. The zero-order chi connectivity index (χ0) is 11.8. The number of carboxylic acids is 1. The van der Waals surface area contributed by atoms with Crippen molar-refractivity contribution in [3.05, 3.63) is 0 Å². The normalized spacial score (nSPS) is 14.3. The van der Waals surface area contributed by atoms with Crippen LogP contribution in [0, 0.1) is 0 Å². The van der Waals surface area contributed by atoms with Gasteiger partial charge in [0.05, 0.1) is 6.42 Å². The molecule has 0 saturated heterocycles. The van der Waals surface area contributed by atoms with Crippen molar-refractivity contribution in [1.82, 2.24) is 5.32 Å². The van der Waals surface area contributed by atoms with E-state index < -0.39 is 5.97 Å². The van der Waals surface area contributed by atoms with Crippen LogP contribution >= 0.6 is 0 Å². The number of hydrogen-bond donors (Lipinski definition) is 3. The van der Waals surface area contributed by atoms with Crippen molar-refractivity contribution >= 4 is 11.9 Å². The molecule has 0 aliphatic heterocycles. The molecular weight excluding hydrogens is 196 g/mol. The van der Waals surface area contributed by atoms with Gasteiger partial charge in [-0.05, 0) is 13.3 Å². The summed E-state index contributed by atoms with van der Waals surface area (Å²) >= 11 is 0. The minimum Gasteiger partial charge on any atom is -0.481 e. The number of carboxylic acid groups (broad SMARTS) is 1. The molecule has 0 saturated carbocycles. The number of amides is 1. The van der Waals surface area contributed by atoms with Gasteiger partial charge in [-0.2, -0.15) is 0 Å². The van der Waals surface area contributed by atoms with Crippen molar-refractivity contribution in [3.63, 3.8) is 0 Å². The summed E-state index contributed by atoms with van der Waals surface area (Å²) in [7, 11) is 0. The van der Waals surface area contributed by atoms with E-state index in [1.165, 1.54) is 0 Å². The first-order chi connectivity index (χ1) is 6.95. The second-order valence-corrected chi connectivity index (χ2v) is 3.82. The first-order valence-corrected chi connectivity index (χ1v) is 5.22. The maximum absolute atomic E-state index is 11.3. The molecule has 2 atom stereocenters. The Morgan fingerprint density at radius 3 is 2.47 bits per heavy atom. The van der Waals surface area contributed by atoms with Crippen molar-refractivity contribution < 1.29 is 14.7 Å². The lowest BCUT2D eigenvalue weighted by atomic mass is 10.1. The molecule has 2 unspecified atom stereocenters. The molecule has 0 radical (unpaired) electrons. The Kier molecular flexibility index (Phi) is 6.70. The molecule has 0 aliphatic carbocycles. The third-order valence-electron chi connectivity index (χ3n) is 2.00. The predicted octanol–water partition coefficient (Wildman–Crippen LogP) is 0.483. The van der Waals surface area contributed by atoms with Crippen LogP contribution in [0.3, 0.4) is 0 Å². The average Bonchev–Trinajstić information content (AvgIpc) is 2.00. The molecule has 0 bridgehead atoms. The summed E-state index contributed by atoms with van der Waals surface area (Å²) < 4.78 is 0. The van der Waals surface area contributed by atoms with E-state index in [1.807, 2.05) is 6.92 Å². The second-order valence-electron chi connectivity index (χ2n) is 3.82. The van der Waals surface area contributed by atoms with Gasteiger partial charge in [0.15, 0.2) is 0 Å². The van der Waals surface area contributed by atoms with E-state index in [1.54, 1.807) is 6.92 Å². The van der Waals surface area contributed by atoms with Gasteiger partial charge in [0, 0.05) is 18.5 Å². The van der Waals surface area contributed by atoms with Gasteiger partial charge in [-0.15, -0.1) is 0 Å². The molecule has 0 rings (SSSR count). The maximum Gasteiger partial charge on any atom is 0.305 e. The molecule has 0 fully saturated rings. The van der Waals surface area contributed by atoms with Crippen molar-refractivity contribution in [2.45, 2.75) is 51.6 Å². The average molecular weight is 216 g/mol. The Hall–Kier alpha value is -1.10. The van der Waals surface area contributed by atoms with Gasteiger partial charge >= 0.3 is 5.97 Å². The highest BCUT2D eigenvalue weighted by molar-refractivity contribution is 5.77. The van der Waals surface area contributed by atoms with Crippen molar-refractivity contribution in [2.24, 2.45) is 5.73 Å². The monoisotopic (exact) mass is 216 g/mol. The van der Waals surface area contributed by atoms with Crippen LogP contribution in [0.2, 0.25) is 0 Å². The second kappa shape index (κ2) is 7.23. The van der Waals surface area contributed by atoms with Gasteiger partial charge in [-0.3, -0.25) is 9.59 Å². The maximum atomic E-state index is 11.3. The summed E-state index contributed by atoms with van der Waals surface area (Å²) in [5.41, 5.74) is 5.68. The molecule has 5 heteroatoms. The van der Waals surface area contributed by atoms with Crippen LogP contribution in [0.25, 0.3) is 0 Å². The molecule has 0 aromatic rings. The summed E-state index contributed by atoms with van der Waals surface area (Å²) in [6.07, 6.45) is 1.95. The Morgan fingerprint density at radius 1 is 1.40 bits per heavy atom. The van der Waals surface area contributed by atoms with Gasteiger partial charge < -0.3 is 16.2 Å². The number of carbonyl (C=O) groups excluding carboxylic acids is 1. The van der Waals surface area contributed by atoms with Gasteiger partial charge in [-0.1, -0.05) is 13.3 Å². The quantitative estimate of drug-likeness (QED) is 0.577. The first-order valence-electron chi connectivity index (χ1n) is 5.22. The lowest BCUT2D eigenvalue weighted by molar-refractivity contribution is -0.137. The SMILES string of the molecule is CCCC(N)CC(=O)NC(C)CC(=O)O. The Balaban J connectivity index is 3.77. The molecule has 5 nitrogen and oxygen atoms in total. The molecule has 15 heavy (non-hydrogen) atoms. The van der Waals surface area contributed by atoms with Crippen LogP contribution in [0.4, 0.5) is 0 Å². The minimum absolute atomic E-state index is 0.0608. The largest absolute Gasteiger partial charge is 0.481 e. The van der Waals surface area contributed by atoms with E-state index in [0.29, 0.717) is 0 Å². The summed E-state index contributed by atoms with van der Waals surface area (Å²) in [6, 6.07) is -0.476. The number of nitrogens with one attached hydrogen (secondary N) is 1. The number of carbonyl (C=O) groups is 2. The zero-order valence-corrected chi connectivity index (χ0v) is 9.32. The topological polar surface area (TPSA) is 92.4 Å². The summed E-state index contributed by atoms with van der Waals surface area (Å²) in [6.45, 7) is 3.67. The highest BCUT2D eigenvalue weighted by Gasteiger charge is 2.13. The third kappa shape index (κ3) is 7.93. The van der Waals surface area contributed by atoms with E-state index in [4.69, 9.17) is 10.8 Å². The number of rotatable bonds is 7. The van der Waals surface area contributed by atoms with Crippen molar-refractivity contribution in [3.8, 4) is 0 Å². The van der Waals surface area contributed by atoms with E-state index in [0.717, 1.165) is 12.8 Å². The van der Waals surface area contributed by atoms with Crippen LogP contribution < -0.4 is 11.1 Å². The smallest absolute Gasteiger partial charge is 0.305 e. The van der Waals surface area contributed by atoms with Crippen LogP contribution in [0.5, 0.6) is 0 Å². The highest BCUT2D eigenvalue weighted by Crippen LogP contribution is 1.99. The summed E-state index contributed by atoms with van der Waals surface area (Å²) in [5.74, 6) is -1.09. The molecule has 0 spiro atoms. The fourth-order valence-electron chi connectivity index (χ4n) is 1.36. The summed E-state index contributed by atoms with van der Waals surface area (Å²) in [4.78, 5) is 21.7. The van der Waals surface area contributed by atoms with Gasteiger partial charge in [-0.25, -0.2) is 0 Å². The van der Waals surface area contributed by atoms with E-state index >= 15 is 0 Å². The number of aliphatic carboxylic acids is 1. The van der Waals surface area contributed by atoms with Gasteiger partial charge in [0.1, 0.15) is 0 Å². The Bertz CT molecular complexity index is 219. The molecule has 0 aliphatic rings. The van der Waals surface area contributed by atoms with Crippen LogP contribution in [-0.4, -0.2) is 29.1 Å². The molecule has 0 aromatic heterocycles. The Morgan fingerprint density at radius 2 is 2.00 bits per heavy atom. The minimum atomic E-state index is -0.916. The first kappa shape index (κ1) is 13.9. The number of hydrogen-bond acceptors (Lipinski definition) is 3. The standard InChI is InChI=1S/C10H20N2O3/c1-3-4-8(11)6-9(13)12-7(2)5-10(14)15/h7-8H,3-6,11H2,1-2H3,(H,12,13)(H,14,15). The third-order valence-corrected chi connectivity index (χ3v) is 2.00. The molecule has 88 valence electrons. The molecular formula is C10H20N2O3.